The van der Waals surface area contributed by atoms with E-state index in [2.05, 4.69) is 81.5 Å². The van der Waals surface area contributed by atoms with Crippen LogP contribution in [0.2, 0.25) is 0 Å². The van der Waals surface area contributed by atoms with Gasteiger partial charge in [0.1, 0.15) is 6.61 Å². The molecular weight excluding hydrogens is 669 g/mol. The van der Waals surface area contributed by atoms with E-state index in [0.717, 1.165) is 83.5 Å². The van der Waals surface area contributed by atoms with Gasteiger partial charge >= 0.3 is 11.9 Å². The predicted octanol–water partition coefficient (Wildman–Crippen LogP) is 15.0. The number of ether oxygens (including phenoxy) is 3. The molecule has 5 heteroatoms. The van der Waals surface area contributed by atoms with Crippen molar-refractivity contribution in [3.8, 4) is 0 Å². The maximum Gasteiger partial charge on any atom is 0.306 e. The van der Waals surface area contributed by atoms with E-state index in [1.54, 1.807) is 0 Å². The lowest BCUT2D eigenvalue weighted by atomic mass is 10.1. The first-order chi connectivity index (χ1) is 26.6. The lowest BCUT2D eigenvalue weighted by molar-refractivity contribution is -0.163. The van der Waals surface area contributed by atoms with Crippen LogP contribution in [0.25, 0.3) is 0 Å². The van der Waals surface area contributed by atoms with Crippen LogP contribution in [0, 0.1) is 0 Å². The van der Waals surface area contributed by atoms with E-state index in [-0.39, 0.29) is 25.2 Å². The average Bonchev–Trinajstić information content (AvgIpc) is 3.17. The van der Waals surface area contributed by atoms with Crippen molar-refractivity contribution in [2.45, 2.75) is 219 Å². The number of esters is 2. The molecule has 0 aromatic rings. The predicted molar refractivity (Wildman–Crippen MR) is 233 cm³/mol. The van der Waals surface area contributed by atoms with E-state index in [0.29, 0.717) is 19.4 Å². The van der Waals surface area contributed by atoms with E-state index >= 15 is 0 Å². The van der Waals surface area contributed by atoms with Crippen LogP contribution in [0.15, 0.2) is 60.8 Å². The largest absolute Gasteiger partial charge is 0.462 e. The highest BCUT2D eigenvalue weighted by Crippen LogP contribution is 2.12. The molecule has 0 aromatic carbocycles. The summed E-state index contributed by atoms with van der Waals surface area (Å²) in [5.41, 5.74) is 0. The first-order valence-electron chi connectivity index (χ1n) is 22.8. The average molecular weight is 755 g/mol. The van der Waals surface area contributed by atoms with Crippen molar-refractivity contribution in [2.24, 2.45) is 0 Å². The van der Waals surface area contributed by atoms with E-state index in [4.69, 9.17) is 14.2 Å². The van der Waals surface area contributed by atoms with Crippen molar-refractivity contribution in [1.82, 2.24) is 0 Å². The third-order valence-electron chi connectivity index (χ3n) is 9.51. The lowest BCUT2D eigenvalue weighted by Crippen LogP contribution is -2.30. The minimum absolute atomic E-state index is 0.0719. The molecule has 0 saturated carbocycles. The fourth-order valence-electron chi connectivity index (χ4n) is 6.08. The third kappa shape index (κ3) is 42.3. The van der Waals surface area contributed by atoms with Crippen LogP contribution >= 0.6 is 0 Å². The zero-order valence-electron chi connectivity index (χ0n) is 35.7. The van der Waals surface area contributed by atoms with Crippen LogP contribution < -0.4 is 0 Å². The van der Waals surface area contributed by atoms with Gasteiger partial charge in [-0.3, -0.25) is 9.59 Å². The minimum Gasteiger partial charge on any atom is -0.462 e. The van der Waals surface area contributed by atoms with E-state index in [9.17, 15) is 9.59 Å². The molecular formula is C49H86O5. The van der Waals surface area contributed by atoms with Crippen LogP contribution in [0.4, 0.5) is 0 Å². The molecule has 0 saturated heterocycles. The molecule has 0 aliphatic heterocycles. The molecule has 0 fully saturated rings. The monoisotopic (exact) mass is 755 g/mol. The van der Waals surface area contributed by atoms with Crippen LogP contribution in [-0.4, -0.2) is 37.9 Å². The molecule has 0 aliphatic rings. The van der Waals surface area contributed by atoms with Gasteiger partial charge in [0.2, 0.25) is 0 Å². The Bertz CT molecular complexity index is 946. The van der Waals surface area contributed by atoms with Gasteiger partial charge in [0.25, 0.3) is 0 Å². The van der Waals surface area contributed by atoms with E-state index < -0.39 is 6.10 Å². The second kappa shape index (κ2) is 45.0. The lowest BCUT2D eigenvalue weighted by Gasteiger charge is -2.18. The van der Waals surface area contributed by atoms with Gasteiger partial charge in [0.05, 0.1) is 6.61 Å². The molecule has 1 atom stereocenters. The van der Waals surface area contributed by atoms with Crippen molar-refractivity contribution in [2.75, 3.05) is 19.8 Å². The molecule has 0 N–H and O–H groups in total. The van der Waals surface area contributed by atoms with Crippen LogP contribution in [0.1, 0.15) is 213 Å². The van der Waals surface area contributed by atoms with Gasteiger partial charge in [-0.1, -0.05) is 178 Å². The van der Waals surface area contributed by atoms with Gasteiger partial charge in [-0.05, 0) is 83.5 Å². The maximum absolute atomic E-state index is 12.7. The highest BCUT2D eigenvalue weighted by atomic mass is 16.6. The maximum atomic E-state index is 12.7. The molecule has 0 rings (SSSR count). The summed E-state index contributed by atoms with van der Waals surface area (Å²) in [6.45, 7) is 7.67. The summed E-state index contributed by atoms with van der Waals surface area (Å²) >= 11 is 0. The summed E-state index contributed by atoms with van der Waals surface area (Å²) in [4.78, 5) is 25.2. The molecule has 0 bridgehead atoms. The fraction of sp³-hybridized carbons (Fsp3) is 0.755. The highest BCUT2D eigenvalue weighted by Gasteiger charge is 2.17. The zero-order chi connectivity index (χ0) is 39.3. The third-order valence-corrected chi connectivity index (χ3v) is 9.51. The second-order valence-corrected chi connectivity index (χ2v) is 15.0. The fourth-order valence-corrected chi connectivity index (χ4v) is 6.08. The number of carbonyl (C=O) groups is 2. The van der Waals surface area contributed by atoms with Gasteiger partial charge in [0.15, 0.2) is 6.10 Å². The molecule has 0 spiro atoms. The normalized spacial score (nSPS) is 12.7. The van der Waals surface area contributed by atoms with Crippen LogP contribution in [-0.2, 0) is 23.8 Å². The summed E-state index contributed by atoms with van der Waals surface area (Å²) in [5.74, 6) is -0.431. The van der Waals surface area contributed by atoms with Gasteiger partial charge in [-0.25, -0.2) is 0 Å². The molecule has 0 aliphatic carbocycles. The summed E-state index contributed by atoms with van der Waals surface area (Å²) in [7, 11) is 0. The number of allylic oxidation sites excluding steroid dienone is 10. The van der Waals surface area contributed by atoms with E-state index in [1.807, 2.05) is 0 Å². The Labute approximate surface area is 334 Å². The SMILES string of the molecule is CCC/C=C\C/C=C\CCCCCCCC(=O)OC(COCCCCCCCC)COC(=O)CCCCCCCC/C=C\C/C=C\C/C=C\CCCCC. The van der Waals surface area contributed by atoms with Gasteiger partial charge in [0, 0.05) is 19.4 Å². The summed E-state index contributed by atoms with van der Waals surface area (Å²) in [5, 5.41) is 0. The second-order valence-electron chi connectivity index (χ2n) is 15.0. The number of hydrogen-bond acceptors (Lipinski definition) is 5. The Morgan fingerprint density at radius 1 is 0.407 bits per heavy atom. The Morgan fingerprint density at radius 3 is 1.35 bits per heavy atom. The molecule has 0 heterocycles. The first kappa shape index (κ1) is 51.6. The molecule has 312 valence electrons. The first-order valence-corrected chi connectivity index (χ1v) is 22.8. The molecule has 0 radical (unpaired) electrons. The van der Waals surface area contributed by atoms with Gasteiger partial charge in [-0.15, -0.1) is 0 Å². The molecule has 0 aromatic heterocycles. The van der Waals surface area contributed by atoms with Crippen molar-refractivity contribution in [3.63, 3.8) is 0 Å². The molecule has 54 heavy (non-hydrogen) atoms. The van der Waals surface area contributed by atoms with Crippen molar-refractivity contribution >= 4 is 11.9 Å². The van der Waals surface area contributed by atoms with Crippen LogP contribution in [0.5, 0.6) is 0 Å². The van der Waals surface area contributed by atoms with Crippen molar-refractivity contribution < 1.29 is 23.8 Å². The molecule has 5 nitrogen and oxygen atoms in total. The standard InChI is InChI=1S/C49H86O5/c1-4-7-10-13-16-18-20-22-23-24-25-26-27-29-30-32-34-36-39-42-48(50)53-46-47(45-52-44-41-38-15-12-9-6-3)54-49(51)43-40-37-35-33-31-28-21-19-17-14-11-8-5-2/h11,14,16,18-19,21-23,25-26,47H,4-10,12-13,15,17,20,24,27-46H2,1-3H3/b14-11-,18-16-,21-19-,23-22-,26-25-. The Kier molecular flexibility index (Phi) is 43.0. The Morgan fingerprint density at radius 2 is 0.815 bits per heavy atom. The zero-order valence-corrected chi connectivity index (χ0v) is 35.7. The highest BCUT2D eigenvalue weighted by molar-refractivity contribution is 5.70. The number of unbranched alkanes of at least 4 members (excludes halogenated alkanes) is 20. The molecule has 0 amide bonds. The summed E-state index contributed by atoms with van der Waals surface area (Å²) < 4.78 is 17.2. The van der Waals surface area contributed by atoms with Crippen molar-refractivity contribution in [3.05, 3.63) is 60.8 Å². The van der Waals surface area contributed by atoms with Crippen molar-refractivity contribution in [1.29, 1.82) is 0 Å². The Balaban J connectivity index is 4.14. The topological polar surface area (TPSA) is 61.8 Å². The minimum atomic E-state index is -0.544. The Hall–Kier alpha value is -2.40. The smallest absolute Gasteiger partial charge is 0.306 e. The number of rotatable bonds is 41. The quantitative estimate of drug-likeness (QED) is 0.0353. The van der Waals surface area contributed by atoms with Gasteiger partial charge < -0.3 is 14.2 Å². The summed E-state index contributed by atoms with van der Waals surface area (Å²) in [6, 6.07) is 0. The number of hydrogen-bond donors (Lipinski definition) is 0. The number of carbonyl (C=O) groups excluding carboxylic acids is 2. The summed E-state index contributed by atoms with van der Waals surface area (Å²) in [6.07, 6.45) is 55.1. The molecule has 1 unspecified atom stereocenters. The van der Waals surface area contributed by atoms with Gasteiger partial charge in [-0.2, -0.15) is 0 Å². The van der Waals surface area contributed by atoms with Crippen LogP contribution in [0.3, 0.4) is 0 Å². The van der Waals surface area contributed by atoms with E-state index in [1.165, 1.54) is 96.3 Å².